The molecule has 2 aromatic rings. The lowest BCUT2D eigenvalue weighted by Crippen LogP contribution is -2.12. The molecule has 6 heteroatoms. The van der Waals surface area contributed by atoms with Crippen molar-refractivity contribution in [3.8, 4) is 0 Å². The molecule has 0 aliphatic carbocycles. The Balaban J connectivity index is 2.08. The Bertz CT molecular complexity index is 545. The van der Waals surface area contributed by atoms with Crippen LogP contribution in [0.2, 0.25) is 0 Å². The number of nitrogens with two attached hydrogens (primary N) is 1. The predicted octanol–water partition coefficient (Wildman–Crippen LogP) is 1.37. The van der Waals surface area contributed by atoms with Crippen LogP contribution in [0.25, 0.3) is 0 Å². The molecule has 18 heavy (non-hydrogen) atoms. The number of rotatable bonds is 3. The molecule has 92 valence electrons. The van der Waals surface area contributed by atoms with E-state index in [9.17, 15) is 4.79 Å². The van der Waals surface area contributed by atoms with E-state index in [2.05, 4.69) is 15.2 Å². The number of nitrogen functional groups attached to an aromatic ring is 1. The Morgan fingerprint density at radius 1 is 1.33 bits per heavy atom. The molecule has 2 N–H and O–H groups in total. The van der Waals surface area contributed by atoms with E-state index in [0.29, 0.717) is 11.3 Å². The average molecular weight is 244 g/mol. The number of carbonyl (C=O) groups is 1. The quantitative estimate of drug-likeness (QED) is 0.820. The van der Waals surface area contributed by atoms with Gasteiger partial charge < -0.3 is 10.5 Å². The molecule has 0 radical (unpaired) electrons. The number of hydrogen-bond donors (Lipinski definition) is 1. The van der Waals surface area contributed by atoms with Crippen LogP contribution >= 0.6 is 0 Å². The molecule has 0 saturated carbocycles. The second-order valence-corrected chi connectivity index (χ2v) is 3.65. The highest BCUT2D eigenvalue weighted by molar-refractivity contribution is 5.89. The van der Waals surface area contributed by atoms with Gasteiger partial charge in [0.25, 0.3) is 0 Å². The standard InChI is InChI=1S/C12H12N4O2/c1-8(10-7-14-16-12(13)15-10)18-11(17)9-5-3-2-4-6-9/h2-8H,1H3,(H2,13,15,16). The SMILES string of the molecule is CC(OC(=O)c1ccccc1)c1cnnc(N)n1. The summed E-state index contributed by atoms with van der Waals surface area (Å²) < 4.78 is 5.25. The molecular formula is C12H12N4O2. The van der Waals surface area contributed by atoms with E-state index in [1.165, 1.54) is 6.20 Å². The van der Waals surface area contributed by atoms with Gasteiger partial charge in [0.1, 0.15) is 11.8 Å². The van der Waals surface area contributed by atoms with Crippen LogP contribution in [0.3, 0.4) is 0 Å². The van der Waals surface area contributed by atoms with Crippen LogP contribution in [0.15, 0.2) is 36.5 Å². The Kier molecular flexibility index (Phi) is 3.47. The molecule has 2 rings (SSSR count). The third-order valence-electron chi connectivity index (χ3n) is 2.30. The first-order valence-electron chi connectivity index (χ1n) is 5.38. The highest BCUT2D eigenvalue weighted by Crippen LogP contribution is 2.15. The van der Waals surface area contributed by atoms with Gasteiger partial charge in [-0.1, -0.05) is 18.2 Å². The molecule has 1 atom stereocenters. The number of esters is 1. The zero-order chi connectivity index (χ0) is 13.0. The monoisotopic (exact) mass is 244 g/mol. The topological polar surface area (TPSA) is 91.0 Å². The first-order chi connectivity index (χ1) is 8.66. The molecule has 1 aromatic carbocycles. The van der Waals surface area contributed by atoms with E-state index >= 15 is 0 Å². The number of carbonyl (C=O) groups excluding carboxylic acids is 1. The lowest BCUT2D eigenvalue weighted by Gasteiger charge is -2.12. The van der Waals surface area contributed by atoms with Crippen molar-refractivity contribution in [1.82, 2.24) is 15.2 Å². The molecule has 0 aliphatic heterocycles. The molecule has 0 spiro atoms. The van der Waals surface area contributed by atoms with Crippen molar-refractivity contribution >= 4 is 11.9 Å². The zero-order valence-electron chi connectivity index (χ0n) is 9.78. The second kappa shape index (κ2) is 5.22. The van der Waals surface area contributed by atoms with Crippen LogP contribution in [0, 0.1) is 0 Å². The number of anilines is 1. The minimum atomic E-state index is -0.532. The summed E-state index contributed by atoms with van der Waals surface area (Å²) >= 11 is 0. The molecule has 1 heterocycles. The van der Waals surface area contributed by atoms with Gasteiger partial charge in [-0.3, -0.25) is 0 Å². The van der Waals surface area contributed by atoms with Crippen LogP contribution < -0.4 is 5.73 Å². The van der Waals surface area contributed by atoms with E-state index in [1.54, 1.807) is 31.2 Å². The summed E-state index contributed by atoms with van der Waals surface area (Å²) in [5.74, 6) is -0.365. The van der Waals surface area contributed by atoms with Gasteiger partial charge in [0.2, 0.25) is 5.95 Å². The minimum Gasteiger partial charge on any atom is -0.452 e. The Morgan fingerprint density at radius 3 is 2.72 bits per heavy atom. The highest BCUT2D eigenvalue weighted by Gasteiger charge is 2.15. The van der Waals surface area contributed by atoms with Crippen LogP contribution in [0.1, 0.15) is 29.1 Å². The lowest BCUT2D eigenvalue weighted by atomic mass is 10.2. The molecule has 0 saturated heterocycles. The summed E-state index contributed by atoms with van der Waals surface area (Å²) in [5.41, 5.74) is 6.36. The third-order valence-corrected chi connectivity index (χ3v) is 2.30. The number of ether oxygens (including phenoxy) is 1. The summed E-state index contributed by atoms with van der Waals surface area (Å²) in [4.78, 5) is 15.7. The van der Waals surface area contributed by atoms with E-state index in [4.69, 9.17) is 10.5 Å². The first kappa shape index (κ1) is 12.0. The minimum absolute atomic E-state index is 0.0510. The smallest absolute Gasteiger partial charge is 0.338 e. The molecule has 0 bridgehead atoms. The van der Waals surface area contributed by atoms with Crippen molar-refractivity contribution in [2.75, 3.05) is 5.73 Å². The van der Waals surface area contributed by atoms with Gasteiger partial charge in [-0.2, -0.15) is 5.10 Å². The van der Waals surface area contributed by atoms with Crippen molar-refractivity contribution < 1.29 is 9.53 Å². The Morgan fingerprint density at radius 2 is 2.06 bits per heavy atom. The van der Waals surface area contributed by atoms with Crippen molar-refractivity contribution in [2.24, 2.45) is 0 Å². The summed E-state index contributed by atoms with van der Waals surface area (Å²) in [6.45, 7) is 1.70. The number of benzene rings is 1. The largest absolute Gasteiger partial charge is 0.452 e. The van der Waals surface area contributed by atoms with Gasteiger partial charge in [0.15, 0.2) is 0 Å². The predicted molar refractivity (Wildman–Crippen MR) is 64.5 cm³/mol. The van der Waals surface area contributed by atoms with Gasteiger partial charge in [0.05, 0.1) is 11.8 Å². The molecule has 6 nitrogen and oxygen atoms in total. The first-order valence-corrected chi connectivity index (χ1v) is 5.38. The van der Waals surface area contributed by atoms with Gasteiger partial charge >= 0.3 is 5.97 Å². The fourth-order valence-electron chi connectivity index (χ4n) is 1.39. The molecule has 1 aromatic heterocycles. The van der Waals surface area contributed by atoms with Crippen molar-refractivity contribution in [2.45, 2.75) is 13.0 Å². The molecule has 1 unspecified atom stereocenters. The van der Waals surface area contributed by atoms with E-state index in [-0.39, 0.29) is 5.95 Å². The summed E-state index contributed by atoms with van der Waals surface area (Å²) in [6.07, 6.45) is 0.884. The van der Waals surface area contributed by atoms with Crippen LogP contribution in [-0.4, -0.2) is 21.2 Å². The lowest BCUT2D eigenvalue weighted by molar-refractivity contribution is 0.0328. The average Bonchev–Trinajstić information content (AvgIpc) is 2.39. The normalized spacial score (nSPS) is 11.8. The maximum absolute atomic E-state index is 11.8. The van der Waals surface area contributed by atoms with E-state index in [1.807, 2.05) is 6.07 Å². The van der Waals surface area contributed by atoms with Crippen molar-refractivity contribution in [1.29, 1.82) is 0 Å². The van der Waals surface area contributed by atoms with Crippen LogP contribution in [0.4, 0.5) is 5.95 Å². The number of aromatic nitrogens is 3. The van der Waals surface area contributed by atoms with Crippen LogP contribution in [-0.2, 0) is 4.74 Å². The van der Waals surface area contributed by atoms with Gasteiger partial charge in [-0.05, 0) is 19.1 Å². The van der Waals surface area contributed by atoms with Gasteiger partial charge in [-0.15, -0.1) is 5.10 Å². The van der Waals surface area contributed by atoms with E-state index in [0.717, 1.165) is 0 Å². The maximum atomic E-state index is 11.8. The van der Waals surface area contributed by atoms with Crippen molar-refractivity contribution in [3.63, 3.8) is 0 Å². The van der Waals surface area contributed by atoms with Crippen LogP contribution in [0.5, 0.6) is 0 Å². The van der Waals surface area contributed by atoms with Gasteiger partial charge in [-0.25, -0.2) is 9.78 Å². The summed E-state index contributed by atoms with van der Waals surface area (Å²) in [7, 11) is 0. The maximum Gasteiger partial charge on any atom is 0.338 e. The molecule has 0 aliphatic rings. The molecule has 0 amide bonds. The zero-order valence-corrected chi connectivity index (χ0v) is 9.78. The Hall–Kier alpha value is -2.50. The van der Waals surface area contributed by atoms with Gasteiger partial charge in [0, 0.05) is 0 Å². The fourth-order valence-corrected chi connectivity index (χ4v) is 1.39. The van der Waals surface area contributed by atoms with E-state index < -0.39 is 12.1 Å². The number of hydrogen-bond acceptors (Lipinski definition) is 6. The second-order valence-electron chi connectivity index (χ2n) is 3.65. The van der Waals surface area contributed by atoms with Crippen molar-refractivity contribution in [3.05, 3.63) is 47.8 Å². The third kappa shape index (κ3) is 2.79. The number of nitrogens with zero attached hydrogens (tertiary/aromatic N) is 3. The highest BCUT2D eigenvalue weighted by atomic mass is 16.5. The Labute approximate surface area is 104 Å². The molecule has 0 fully saturated rings. The fraction of sp³-hybridized carbons (Fsp3) is 0.167. The molecular weight excluding hydrogens is 232 g/mol. The summed E-state index contributed by atoms with van der Waals surface area (Å²) in [5, 5.41) is 7.19. The summed E-state index contributed by atoms with van der Waals surface area (Å²) in [6, 6.07) is 8.73.